The fourth-order valence-corrected chi connectivity index (χ4v) is 2.19. The molecule has 0 spiro atoms. The second-order valence-corrected chi connectivity index (χ2v) is 5.66. The van der Waals surface area contributed by atoms with Gasteiger partial charge in [0.2, 0.25) is 11.1 Å². The maximum atomic E-state index is 12.9. The van der Waals surface area contributed by atoms with Gasteiger partial charge in [0.15, 0.2) is 6.61 Å². The molecule has 0 aliphatic rings. The number of esters is 1. The number of carbonyl (C=O) groups is 3. The summed E-state index contributed by atoms with van der Waals surface area (Å²) in [7, 11) is 1.26. The van der Waals surface area contributed by atoms with Crippen molar-refractivity contribution >= 4 is 17.9 Å². The SMILES string of the molecule is CNC(=O)NC(=O)COC(=O)c1nn(-c2cccc(C(F)(F)F)c2)c(C)cc1=O. The largest absolute Gasteiger partial charge is 0.451 e. The quantitative estimate of drug-likeness (QED) is 0.728. The summed E-state index contributed by atoms with van der Waals surface area (Å²) in [6, 6.07) is 4.29. The summed E-state index contributed by atoms with van der Waals surface area (Å²) in [6.07, 6.45) is -4.59. The summed E-state index contributed by atoms with van der Waals surface area (Å²) in [5.74, 6) is -2.23. The first kappa shape index (κ1) is 21.6. The molecule has 0 bridgehead atoms. The zero-order valence-electron chi connectivity index (χ0n) is 15.2. The Hall–Kier alpha value is -3.70. The van der Waals surface area contributed by atoms with Gasteiger partial charge in [0.1, 0.15) is 0 Å². The summed E-state index contributed by atoms with van der Waals surface area (Å²) in [5, 5.41) is 7.73. The number of amides is 3. The van der Waals surface area contributed by atoms with Crippen molar-refractivity contribution in [2.75, 3.05) is 13.7 Å². The Kier molecular flexibility index (Phi) is 6.36. The van der Waals surface area contributed by atoms with Crippen LogP contribution in [0.2, 0.25) is 0 Å². The van der Waals surface area contributed by atoms with Crippen LogP contribution in [0.5, 0.6) is 0 Å². The Bertz CT molecular complexity index is 1020. The third-order valence-corrected chi connectivity index (χ3v) is 3.53. The molecule has 2 N–H and O–H groups in total. The van der Waals surface area contributed by atoms with E-state index in [0.29, 0.717) is 0 Å². The van der Waals surface area contributed by atoms with Gasteiger partial charge in [0.05, 0.1) is 11.3 Å². The molecule has 12 heteroatoms. The van der Waals surface area contributed by atoms with Crippen LogP contribution in [-0.2, 0) is 15.7 Å². The molecule has 1 aromatic heterocycles. The minimum absolute atomic E-state index is 0.0382. The first-order chi connectivity index (χ1) is 13.5. The molecular formula is C17H15F3N4O5. The van der Waals surface area contributed by atoms with Crippen LogP contribution >= 0.6 is 0 Å². The molecule has 0 saturated carbocycles. The van der Waals surface area contributed by atoms with Crippen molar-refractivity contribution in [3.8, 4) is 5.69 Å². The molecule has 0 aliphatic heterocycles. The van der Waals surface area contributed by atoms with Gasteiger partial charge in [-0.2, -0.15) is 18.3 Å². The fraction of sp³-hybridized carbons (Fsp3) is 0.235. The summed E-state index contributed by atoms with van der Waals surface area (Å²) < 4.78 is 44.4. The number of hydrogen-bond acceptors (Lipinski definition) is 6. The van der Waals surface area contributed by atoms with E-state index in [1.165, 1.54) is 20.0 Å². The van der Waals surface area contributed by atoms with E-state index in [0.717, 1.165) is 28.9 Å². The second kappa shape index (κ2) is 8.54. The number of nitrogens with one attached hydrogen (secondary N) is 2. The van der Waals surface area contributed by atoms with Crippen LogP contribution in [0.4, 0.5) is 18.0 Å². The summed E-state index contributed by atoms with van der Waals surface area (Å²) in [5.41, 5.74) is -2.39. The van der Waals surface area contributed by atoms with Gasteiger partial charge in [-0.25, -0.2) is 14.3 Å². The van der Waals surface area contributed by atoms with Gasteiger partial charge >= 0.3 is 18.2 Å². The van der Waals surface area contributed by atoms with Crippen molar-refractivity contribution in [2.45, 2.75) is 13.1 Å². The number of halogens is 3. The van der Waals surface area contributed by atoms with Crippen molar-refractivity contribution in [2.24, 2.45) is 0 Å². The summed E-state index contributed by atoms with van der Waals surface area (Å²) in [4.78, 5) is 46.6. The van der Waals surface area contributed by atoms with Gasteiger partial charge < -0.3 is 10.1 Å². The maximum Gasteiger partial charge on any atom is 0.416 e. The number of urea groups is 1. The first-order valence-corrected chi connectivity index (χ1v) is 8.00. The van der Waals surface area contributed by atoms with Gasteiger partial charge in [0, 0.05) is 18.8 Å². The number of hydrogen-bond donors (Lipinski definition) is 2. The zero-order valence-corrected chi connectivity index (χ0v) is 15.2. The Morgan fingerprint density at radius 3 is 2.52 bits per heavy atom. The molecule has 1 heterocycles. The Labute approximate surface area is 161 Å². The summed E-state index contributed by atoms with van der Waals surface area (Å²) in [6.45, 7) is 0.547. The van der Waals surface area contributed by atoms with Crippen LogP contribution < -0.4 is 16.1 Å². The van der Waals surface area contributed by atoms with Gasteiger partial charge in [-0.1, -0.05) is 6.07 Å². The average molecular weight is 412 g/mol. The van der Waals surface area contributed by atoms with Crippen LogP contribution in [0.15, 0.2) is 35.1 Å². The molecule has 154 valence electrons. The van der Waals surface area contributed by atoms with E-state index in [1.807, 2.05) is 5.32 Å². The molecule has 0 unspecified atom stereocenters. The van der Waals surface area contributed by atoms with Gasteiger partial charge in [0.25, 0.3) is 5.91 Å². The zero-order chi connectivity index (χ0) is 21.8. The highest BCUT2D eigenvalue weighted by Gasteiger charge is 2.30. The molecule has 1 aromatic carbocycles. The number of rotatable bonds is 4. The molecule has 0 saturated heterocycles. The third-order valence-electron chi connectivity index (χ3n) is 3.53. The first-order valence-electron chi connectivity index (χ1n) is 8.00. The Morgan fingerprint density at radius 2 is 1.90 bits per heavy atom. The van der Waals surface area contributed by atoms with Crippen molar-refractivity contribution < 1.29 is 32.3 Å². The lowest BCUT2D eigenvalue weighted by Gasteiger charge is -2.13. The number of alkyl halides is 3. The topological polar surface area (TPSA) is 119 Å². The molecule has 29 heavy (non-hydrogen) atoms. The van der Waals surface area contributed by atoms with E-state index in [-0.39, 0.29) is 11.4 Å². The normalized spacial score (nSPS) is 10.9. The number of ether oxygens (including phenoxy) is 1. The van der Waals surface area contributed by atoms with Crippen molar-refractivity contribution in [1.29, 1.82) is 0 Å². The smallest absolute Gasteiger partial charge is 0.416 e. The lowest BCUT2D eigenvalue weighted by Crippen LogP contribution is -2.40. The van der Waals surface area contributed by atoms with Crippen molar-refractivity contribution in [3.05, 3.63) is 57.5 Å². The highest BCUT2D eigenvalue weighted by Crippen LogP contribution is 2.30. The van der Waals surface area contributed by atoms with Crippen LogP contribution in [0.1, 0.15) is 21.7 Å². The molecule has 0 fully saturated rings. The van der Waals surface area contributed by atoms with E-state index in [4.69, 9.17) is 0 Å². The van der Waals surface area contributed by atoms with Crippen molar-refractivity contribution in [3.63, 3.8) is 0 Å². The van der Waals surface area contributed by atoms with Crippen LogP contribution in [0.25, 0.3) is 5.69 Å². The van der Waals surface area contributed by atoms with E-state index in [1.54, 1.807) is 0 Å². The highest BCUT2D eigenvalue weighted by molar-refractivity contribution is 5.96. The Morgan fingerprint density at radius 1 is 1.21 bits per heavy atom. The second-order valence-electron chi connectivity index (χ2n) is 5.66. The monoisotopic (exact) mass is 412 g/mol. The predicted octanol–water partition coefficient (Wildman–Crippen LogP) is 1.17. The molecule has 0 aliphatic carbocycles. The van der Waals surface area contributed by atoms with E-state index in [9.17, 15) is 32.3 Å². The lowest BCUT2D eigenvalue weighted by molar-refractivity contribution is -0.137. The van der Waals surface area contributed by atoms with Gasteiger partial charge in [-0.05, 0) is 25.1 Å². The van der Waals surface area contributed by atoms with Crippen LogP contribution in [0, 0.1) is 6.92 Å². The minimum atomic E-state index is -4.59. The molecule has 2 rings (SSSR count). The Balaban J connectivity index is 2.30. The number of aromatic nitrogens is 2. The minimum Gasteiger partial charge on any atom is -0.451 e. The van der Waals surface area contributed by atoms with Gasteiger partial charge in [-0.15, -0.1) is 0 Å². The number of carbonyl (C=O) groups excluding carboxylic acids is 3. The standard InChI is InChI=1S/C17H15F3N4O5/c1-9-6-12(25)14(15(27)29-8-13(26)22-16(28)21-2)23-24(9)11-5-3-4-10(7-11)17(18,19)20/h3-7H,8H2,1-2H3,(H2,21,22,26,28). The van der Waals surface area contributed by atoms with E-state index < -0.39 is 47.4 Å². The molecule has 0 atom stereocenters. The van der Waals surface area contributed by atoms with E-state index >= 15 is 0 Å². The lowest BCUT2D eigenvalue weighted by atomic mass is 10.2. The van der Waals surface area contributed by atoms with E-state index in [2.05, 4.69) is 15.2 Å². The average Bonchev–Trinajstić information content (AvgIpc) is 2.65. The molecule has 3 amide bonds. The van der Waals surface area contributed by atoms with Crippen LogP contribution in [-0.4, -0.2) is 41.3 Å². The third kappa shape index (κ3) is 5.40. The maximum absolute atomic E-state index is 12.9. The fourth-order valence-electron chi connectivity index (χ4n) is 2.19. The number of imide groups is 1. The predicted molar refractivity (Wildman–Crippen MR) is 92.5 cm³/mol. The van der Waals surface area contributed by atoms with Crippen molar-refractivity contribution in [1.82, 2.24) is 20.4 Å². The molecule has 0 radical (unpaired) electrons. The number of benzene rings is 1. The van der Waals surface area contributed by atoms with Crippen LogP contribution in [0.3, 0.4) is 0 Å². The molecule has 2 aromatic rings. The number of aryl methyl sites for hydroxylation is 1. The molecule has 9 nitrogen and oxygen atoms in total. The summed E-state index contributed by atoms with van der Waals surface area (Å²) >= 11 is 0. The van der Waals surface area contributed by atoms with Gasteiger partial charge in [-0.3, -0.25) is 14.9 Å². The molecular weight excluding hydrogens is 397 g/mol. The highest BCUT2D eigenvalue weighted by atomic mass is 19.4. The number of nitrogens with zero attached hydrogens (tertiary/aromatic N) is 2.